The van der Waals surface area contributed by atoms with Crippen LogP contribution in [0.1, 0.15) is 0 Å². The number of nitrogens with zero attached hydrogens (tertiary/aromatic N) is 1. The first-order valence-electron chi connectivity index (χ1n) is 7.67. The maximum absolute atomic E-state index is 4.88. The average molecular weight is 296 g/mol. The summed E-state index contributed by atoms with van der Waals surface area (Å²) >= 11 is 0. The minimum atomic E-state index is 0.984. The van der Waals surface area contributed by atoms with E-state index in [-0.39, 0.29) is 0 Å². The van der Waals surface area contributed by atoms with Crippen LogP contribution in [0.15, 0.2) is 91.0 Å². The molecule has 0 amide bonds. The Balaban J connectivity index is 1.82. The molecule has 0 unspecified atom stereocenters. The van der Waals surface area contributed by atoms with Crippen LogP contribution >= 0.6 is 0 Å². The summed E-state index contributed by atoms with van der Waals surface area (Å²) in [6, 6.07) is 30.8. The summed E-state index contributed by atoms with van der Waals surface area (Å²) in [6.07, 6.45) is 0. The van der Waals surface area contributed by atoms with Crippen LogP contribution in [0.2, 0.25) is 0 Å². The molecule has 23 heavy (non-hydrogen) atoms. The van der Waals surface area contributed by atoms with Gasteiger partial charge in [-0.3, -0.25) is 0 Å². The fourth-order valence-corrected chi connectivity index (χ4v) is 2.69. The number of para-hydroxylation sites is 2. The molecule has 3 aromatic carbocycles. The molecule has 1 aromatic heterocycles. The van der Waals surface area contributed by atoms with Crippen LogP contribution in [0, 0.1) is 0 Å². The lowest BCUT2D eigenvalue weighted by Gasteiger charge is -2.10. The van der Waals surface area contributed by atoms with E-state index >= 15 is 0 Å². The van der Waals surface area contributed by atoms with E-state index in [0.29, 0.717) is 0 Å². The lowest BCUT2D eigenvalue weighted by molar-refractivity contribution is 1.39. The third-order valence-corrected chi connectivity index (χ3v) is 3.84. The number of hydrogen-bond donors (Lipinski definition) is 1. The second kappa shape index (κ2) is 5.93. The van der Waals surface area contributed by atoms with Crippen molar-refractivity contribution in [2.75, 3.05) is 5.32 Å². The van der Waals surface area contributed by atoms with Gasteiger partial charge in [-0.05, 0) is 24.3 Å². The standard InChI is InChI=1S/C21H16N2/c1-3-8-16(9-4-1)19-15-14-17-10-7-13-20(21(17)23-19)22-18-11-5-2-6-12-18/h1-15,22H. The molecule has 0 fully saturated rings. The molecule has 0 aliphatic heterocycles. The van der Waals surface area contributed by atoms with E-state index in [1.165, 1.54) is 0 Å². The molecular formula is C21H16N2. The zero-order chi connectivity index (χ0) is 15.5. The van der Waals surface area contributed by atoms with Gasteiger partial charge >= 0.3 is 0 Å². The molecule has 4 aromatic rings. The van der Waals surface area contributed by atoms with Gasteiger partial charge in [0.15, 0.2) is 0 Å². The SMILES string of the molecule is c1ccc(Nc2cccc3ccc(-c4ccccc4)nc23)cc1. The summed E-state index contributed by atoms with van der Waals surface area (Å²) in [5.74, 6) is 0. The van der Waals surface area contributed by atoms with Crippen LogP contribution < -0.4 is 5.32 Å². The minimum Gasteiger partial charge on any atom is -0.354 e. The predicted molar refractivity (Wildman–Crippen MR) is 96.9 cm³/mol. The molecule has 2 nitrogen and oxygen atoms in total. The van der Waals surface area contributed by atoms with Crippen molar-refractivity contribution in [1.29, 1.82) is 0 Å². The van der Waals surface area contributed by atoms with Crippen LogP contribution in [0.25, 0.3) is 22.2 Å². The van der Waals surface area contributed by atoms with Crippen molar-refractivity contribution in [3.8, 4) is 11.3 Å². The van der Waals surface area contributed by atoms with Gasteiger partial charge in [-0.25, -0.2) is 4.98 Å². The zero-order valence-corrected chi connectivity index (χ0v) is 12.6. The molecule has 2 heteroatoms. The summed E-state index contributed by atoms with van der Waals surface area (Å²) in [4.78, 5) is 4.88. The molecule has 0 atom stereocenters. The van der Waals surface area contributed by atoms with Crippen molar-refractivity contribution in [3.05, 3.63) is 91.0 Å². The van der Waals surface area contributed by atoms with E-state index in [1.807, 2.05) is 36.4 Å². The van der Waals surface area contributed by atoms with Crippen LogP contribution in [0.3, 0.4) is 0 Å². The van der Waals surface area contributed by atoms with E-state index in [2.05, 4.69) is 59.9 Å². The first kappa shape index (κ1) is 13.5. The highest BCUT2D eigenvalue weighted by Crippen LogP contribution is 2.27. The lowest BCUT2D eigenvalue weighted by Crippen LogP contribution is -1.93. The first-order chi connectivity index (χ1) is 11.4. The lowest BCUT2D eigenvalue weighted by atomic mass is 10.1. The summed E-state index contributed by atoms with van der Waals surface area (Å²) in [6.45, 7) is 0. The van der Waals surface area contributed by atoms with Gasteiger partial charge in [0, 0.05) is 16.6 Å². The number of aromatic nitrogens is 1. The molecule has 1 heterocycles. The number of nitrogens with one attached hydrogen (secondary N) is 1. The molecule has 0 saturated carbocycles. The summed E-state index contributed by atoms with van der Waals surface area (Å²) < 4.78 is 0. The van der Waals surface area contributed by atoms with Crippen LogP contribution in [0.5, 0.6) is 0 Å². The maximum atomic E-state index is 4.88. The molecule has 0 aliphatic carbocycles. The fourth-order valence-electron chi connectivity index (χ4n) is 2.69. The van der Waals surface area contributed by atoms with Gasteiger partial charge in [0.2, 0.25) is 0 Å². The van der Waals surface area contributed by atoms with E-state index in [9.17, 15) is 0 Å². The van der Waals surface area contributed by atoms with Crippen molar-refractivity contribution >= 4 is 22.3 Å². The van der Waals surface area contributed by atoms with E-state index in [4.69, 9.17) is 4.98 Å². The molecule has 1 N–H and O–H groups in total. The fraction of sp³-hybridized carbons (Fsp3) is 0. The normalized spacial score (nSPS) is 10.6. The van der Waals surface area contributed by atoms with E-state index < -0.39 is 0 Å². The largest absolute Gasteiger partial charge is 0.354 e. The Morgan fingerprint density at radius 3 is 2.13 bits per heavy atom. The van der Waals surface area contributed by atoms with Gasteiger partial charge < -0.3 is 5.32 Å². The maximum Gasteiger partial charge on any atom is 0.0944 e. The highest BCUT2D eigenvalue weighted by molar-refractivity contribution is 5.93. The molecular weight excluding hydrogens is 280 g/mol. The minimum absolute atomic E-state index is 0.984. The number of hydrogen-bond acceptors (Lipinski definition) is 2. The van der Waals surface area contributed by atoms with Crippen molar-refractivity contribution in [2.24, 2.45) is 0 Å². The Labute approximate surface area is 135 Å². The quantitative estimate of drug-likeness (QED) is 0.528. The highest BCUT2D eigenvalue weighted by Gasteiger charge is 2.05. The average Bonchev–Trinajstić information content (AvgIpc) is 2.63. The molecule has 110 valence electrons. The van der Waals surface area contributed by atoms with Gasteiger partial charge in [0.1, 0.15) is 0 Å². The predicted octanol–water partition coefficient (Wildman–Crippen LogP) is 5.65. The van der Waals surface area contributed by atoms with Crippen molar-refractivity contribution < 1.29 is 0 Å². The smallest absolute Gasteiger partial charge is 0.0944 e. The molecule has 0 bridgehead atoms. The van der Waals surface area contributed by atoms with Gasteiger partial charge in [0.25, 0.3) is 0 Å². The van der Waals surface area contributed by atoms with E-state index in [1.54, 1.807) is 0 Å². The Morgan fingerprint density at radius 2 is 1.35 bits per heavy atom. The van der Waals surface area contributed by atoms with Crippen molar-refractivity contribution in [1.82, 2.24) is 4.98 Å². The second-order valence-corrected chi connectivity index (χ2v) is 5.43. The Morgan fingerprint density at radius 1 is 0.609 bits per heavy atom. The van der Waals surface area contributed by atoms with Crippen LogP contribution in [0.4, 0.5) is 11.4 Å². The Kier molecular flexibility index (Phi) is 3.49. The molecule has 0 aliphatic rings. The molecule has 0 spiro atoms. The second-order valence-electron chi connectivity index (χ2n) is 5.43. The molecule has 0 saturated heterocycles. The molecule has 4 rings (SSSR count). The van der Waals surface area contributed by atoms with Gasteiger partial charge in [-0.15, -0.1) is 0 Å². The van der Waals surface area contributed by atoms with Gasteiger partial charge in [-0.1, -0.05) is 66.7 Å². The van der Waals surface area contributed by atoms with Crippen LogP contribution in [-0.2, 0) is 0 Å². The van der Waals surface area contributed by atoms with Crippen molar-refractivity contribution in [2.45, 2.75) is 0 Å². The Bertz CT molecular complexity index is 931. The third-order valence-electron chi connectivity index (χ3n) is 3.84. The summed E-state index contributed by atoms with van der Waals surface area (Å²) in [5.41, 5.74) is 5.18. The third kappa shape index (κ3) is 2.79. The number of pyridine rings is 1. The first-order valence-corrected chi connectivity index (χ1v) is 7.67. The number of anilines is 2. The van der Waals surface area contributed by atoms with Crippen molar-refractivity contribution in [3.63, 3.8) is 0 Å². The molecule has 0 radical (unpaired) electrons. The summed E-state index contributed by atoms with van der Waals surface area (Å²) in [5, 5.41) is 4.59. The summed E-state index contributed by atoms with van der Waals surface area (Å²) in [7, 11) is 0. The highest BCUT2D eigenvalue weighted by atomic mass is 14.9. The van der Waals surface area contributed by atoms with Gasteiger partial charge in [-0.2, -0.15) is 0 Å². The monoisotopic (exact) mass is 296 g/mol. The van der Waals surface area contributed by atoms with Crippen LogP contribution in [-0.4, -0.2) is 4.98 Å². The van der Waals surface area contributed by atoms with E-state index in [0.717, 1.165) is 33.5 Å². The zero-order valence-electron chi connectivity index (χ0n) is 12.6. The topological polar surface area (TPSA) is 24.9 Å². The number of benzene rings is 3. The number of fused-ring (bicyclic) bond motifs is 1. The van der Waals surface area contributed by atoms with Gasteiger partial charge in [0.05, 0.1) is 16.9 Å². The Hall–Kier alpha value is -3.13. The number of rotatable bonds is 3.